The first kappa shape index (κ1) is 18.7. The highest BCUT2D eigenvalue weighted by molar-refractivity contribution is 5.69. The number of carbonyl (C=O) groups is 1. The molecule has 0 fully saturated rings. The van der Waals surface area contributed by atoms with Crippen LogP contribution in [0.1, 0.15) is 69.5 Å². The van der Waals surface area contributed by atoms with E-state index in [4.69, 9.17) is 5.73 Å². The first-order valence-corrected chi connectivity index (χ1v) is 8.44. The Labute approximate surface area is 135 Å². The predicted molar refractivity (Wildman–Crippen MR) is 91.6 cm³/mol. The van der Waals surface area contributed by atoms with E-state index in [2.05, 4.69) is 42.8 Å². The Kier molecular flexibility index (Phi) is 8.83. The molecule has 1 aromatic carbocycles. The Hall–Kier alpha value is -1.35. The molecule has 0 amide bonds. The summed E-state index contributed by atoms with van der Waals surface area (Å²) in [6.45, 7) is 4.53. The van der Waals surface area contributed by atoms with Gasteiger partial charge in [0.05, 0.1) is 7.11 Å². The SMILES string of the molecule is COC(=O)CCCc1ccc(C(N)CCCCC(C)C)cc1. The van der Waals surface area contributed by atoms with Crippen molar-refractivity contribution < 1.29 is 9.53 Å². The van der Waals surface area contributed by atoms with Crippen LogP contribution in [0.5, 0.6) is 0 Å². The lowest BCUT2D eigenvalue weighted by Crippen LogP contribution is -2.10. The maximum absolute atomic E-state index is 11.1. The van der Waals surface area contributed by atoms with Gasteiger partial charge in [-0.15, -0.1) is 0 Å². The van der Waals surface area contributed by atoms with E-state index in [-0.39, 0.29) is 12.0 Å². The molecule has 0 aliphatic carbocycles. The number of nitrogens with two attached hydrogens (primary N) is 1. The van der Waals surface area contributed by atoms with Gasteiger partial charge in [-0.2, -0.15) is 0 Å². The number of benzene rings is 1. The van der Waals surface area contributed by atoms with Crippen molar-refractivity contribution >= 4 is 5.97 Å². The highest BCUT2D eigenvalue weighted by Crippen LogP contribution is 2.19. The monoisotopic (exact) mass is 305 g/mol. The van der Waals surface area contributed by atoms with E-state index in [1.807, 2.05) is 0 Å². The Bertz CT molecular complexity index is 426. The molecule has 0 heterocycles. The molecule has 3 heteroatoms. The molecule has 0 aliphatic heterocycles. The topological polar surface area (TPSA) is 52.3 Å². The molecule has 0 spiro atoms. The second-order valence-electron chi connectivity index (χ2n) is 6.46. The first-order valence-electron chi connectivity index (χ1n) is 8.44. The molecule has 0 bridgehead atoms. The van der Waals surface area contributed by atoms with Crippen LogP contribution in [0.2, 0.25) is 0 Å². The third kappa shape index (κ3) is 7.60. The zero-order chi connectivity index (χ0) is 16.4. The molecule has 0 radical (unpaired) electrons. The second kappa shape index (κ2) is 10.4. The van der Waals surface area contributed by atoms with Crippen LogP contribution in [0.3, 0.4) is 0 Å². The fraction of sp³-hybridized carbons (Fsp3) is 0.632. The molecule has 0 aliphatic rings. The lowest BCUT2D eigenvalue weighted by molar-refractivity contribution is -0.140. The summed E-state index contributed by atoms with van der Waals surface area (Å²) in [5.41, 5.74) is 8.72. The van der Waals surface area contributed by atoms with Gasteiger partial charge in [-0.05, 0) is 36.3 Å². The van der Waals surface area contributed by atoms with Crippen molar-refractivity contribution in [2.45, 2.75) is 64.8 Å². The largest absolute Gasteiger partial charge is 0.469 e. The van der Waals surface area contributed by atoms with E-state index in [1.165, 1.54) is 37.5 Å². The minimum atomic E-state index is -0.139. The first-order chi connectivity index (χ1) is 10.5. The van der Waals surface area contributed by atoms with E-state index >= 15 is 0 Å². The van der Waals surface area contributed by atoms with Crippen LogP contribution in [-0.4, -0.2) is 13.1 Å². The van der Waals surface area contributed by atoms with Crippen molar-refractivity contribution in [1.82, 2.24) is 0 Å². The van der Waals surface area contributed by atoms with Crippen molar-refractivity contribution in [3.8, 4) is 0 Å². The van der Waals surface area contributed by atoms with Gasteiger partial charge in [0.25, 0.3) is 0 Å². The van der Waals surface area contributed by atoms with E-state index in [1.54, 1.807) is 0 Å². The van der Waals surface area contributed by atoms with Gasteiger partial charge in [0.15, 0.2) is 0 Å². The number of unbranched alkanes of at least 4 members (excludes halogenated alkanes) is 1. The summed E-state index contributed by atoms with van der Waals surface area (Å²) in [6, 6.07) is 8.64. The molecule has 0 saturated heterocycles. The number of carbonyl (C=O) groups excluding carboxylic acids is 1. The van der Waals surface area contributed by atoms with Crippen LogP contribution < -0.4 is 5.73 Å². The third-order valence-electron chi connectivity index (χ3n) is 4.03. The van der Waals surface area contributed by atoms with Gasteiger partial charge in [0.1, 0.15) is 0 Å². The van der Waals surface area contributed by atoms with Gasteiger partial charge in [-0.3, -0.25) is 4.79 Å². The van der Waals surface area contributed by atoms with Gasteiger partial charge in [-0.1, -0.05) is 57.4 Å². The molecule has 3 nitrogen and oxygen atoms in total. The highest BCUT2D eigenvalue weighted by Gasteiger charge is 2.06. The number of rotatable bonds is 10. The molecule has 0 aromatic heterocycles. The van der Waals surface area contributed by atoms with Crippen LogP contribution in [0.4, 0.5) is 0 Å². The van der Waals surface area contributed by atoms with E-state index in [0.29, 0.717) is 6.42 Å². The van der Waals surface area contributed by atoms with Crippen LogP contribution in [0, 0.1) is 5.92 Å². The molecule has 22 heavy (non-hydrogen) atoms. The minimum Gasteiger partial charge on any atom is -0.469 e. The van der Waals surface area contributed by atoms with Crippen molar-refractivity contribution in [2.24, 2.45) is 11.7 Å². The summed E-state index contributed by atoms with van der Waals surface area (Å²) in [6.07, 6.45) is 7.00. The third-order valence-corrected chi connectivity index (χ3v) is 4.03. The number of esters is 1. The summed E-state index contributed by atoms with van der Waals surface area (Å²) in [5.74, 6) is 0.639. The molecule has 2 N–H and O–H groups in total. The normalized spacial score (nSPS) is 12.4. The lowest BCUT2D eigenvalue weighted by atomic mass is 9.97. The summed E-state index contributed by atoms with van der Waals surface area (Å²) in [7, 11) is 1.43. The molecule has 1 rings (SSSR count). The minimum absolute atomic E-state index is 0.135. The highest BCUT2D eigenvalue weighted by atomic mass is 16.5. The summed E-state index contributed by atoms with van der Waals surface area (Å²) in [5, 5.41) is 0. The second-order valence-corrected chi connectivity index (χ2v) is 6.46. The molecule has 1 aromatic rings. The van der Waals surface area contributed by atoms with Crippen LogP contribution in [0.15, 0.2) is 24.3 Å². The molecule has 1 unspecified atom stereocenters. The van der Waals surface area contributed by atoms with Gasteiger partial charge in [0.2, 0.25) is 0 Å². The average Bonchev–Trinajstić information content (AvgIpc) is 2.51. The Morgan fingerprint density at radius 2 is 1.73 bits per heavy atom. The van der Waals surface area contributed by atoms with E-state index < -0.39 is 0 Å². The standard InChI is InChI=1S/C19H31NO2/c1-15(2)7-4-5-9-18(20)17-13-11-16(12-14-17)8-6-10-19(21)22-3/h11-15,18H,4-10,20H2,1-3H3. The van der Waals surface area contributed by atoms with E-state index in [0.717, 1.165) is 25.2 Å². The number of hydrogen-bond donors (Lipinski definition) is 1. The smallest absolute Gasteiger partial charge is 0.305 e. The average molecular weight is 305 g/mol. The Morgan fingerprint density at radius 3 is 2.32 bits per heavy atom. The zero-order valence-electron chi connectivity index (χ0n) is 14.3. The van der Waals surface area contributed by atoms with E-state index in [9.17, 15) is 4.79 Å². The number of ether oxygens (including phenoxy) is 1. The fourth-order valence-corrected chi connectivity index (χ4v) is 2.55. The number of hydrogen-bond acceptors (Lipinski definition) is 3. The Morgan fingerprint density at radius 1 is 1.09 bits per heavy atom. The number of aryl methyl sites for hydroxylation is 1. The summed E-state index contributed by atoms with van der Waals surface area (Å²) < 4.78 is 4.64. The quantitative estimate of drug-likeness (QED) is 0.515. The molecule has 1 atom stereocenters. The molecular formula is C19H31NO2. The van der Waals surface area contributed by atoms with Crippen LogP contribution >= 0.6 is 0 Å². The van der Waals surface area contributed by atoms with Crippen molar-refractivity contribution in [3.63, 3.8) is 0 Å². The molecular weight excluding hydrogens is 274 g/mol. The summed E-state index contributed by atoms with van der Waals surface area (Å²) in [4.78, 5) is 11.1. The van der Waals surface area contributed by atoms with Crippen LogP contribution in [-0.2, 0) is 16.0 Å². The maximum Gasteiger partial charge on any atom is 0.305 e. The lowest BCUT2D eigenvalue weighted by Gasteiger charge is -2.13. The fourth-order valence-electron chi connectivity index (χ4n) is 2.55. The van der Waals surface area contributed by atoms with Gasteiger partial charge < -0.3 is 10.5 Å². The number of methoxy groups -OCH3 is 1. The van der Waals surface area contributed by atoms with Gasteiger partial charge >= 0.3 is 5.97 Å². The predicted octanol–water partition coefficient (Wildman–Crippen LogP) is 4.40. The Balaban J connectivity index is 2.32. The van der Waals surface area contributed by atoms with Gasteiger partial charge in [-0.25, -0.2) is 0 Å². The zero-order valence-corrected chi connectivity index (χ0v) is 14.3. The maximum atomic E-state index is 11.1. The van der Waals surface area contributed by atoms with Crippen LogP contribution in [0.25, 0.3) is 0 Å². The summed E-state index contributed by atoms with van der Waals surface area (Å²) >= 11 is 0. The molecule has 124 valence electrons. The van der Waals surface area contributed by atoms with Crippen molar-refractivity contribution in [3.05, 3.63) is 35.4 Å². The molecule has 0 saturated carbocycles. The van der Waals surface area contributed by atoms with Crippen molar-refractivity contribution in [2.75, 3.05) is 7.11 Å². The van der Waals surface area contributed by atoms with Crippen molar-refractivity contribution in [1.29, 1.82) is 0 Å². The van der Waals surface area contributed by atoms with Gasteiger partial charge in [0, 0.05) is 12.5 Å².